The fourth-order valence-electron chi connectivity index (χ4n) is 0. The van der Waals surface area contributed by atoms with Crippen molar-refractivity contribution in [1.29, 1.82) is 0 Å². The van der Waals surface area contributed by atoms with Crippen LogP contribution in [0.5, 0.6) is 0 Å². The van der Waals surface area contributed by atoms with Gasteiger partial charge >= 0.3 is 29.6 Å². The summed E-state index contributed by atoms with van der Waals surface area (Å²) in [6, 6.07) is 0. The van der Waals surface area contributed by atoms with E-state index in [0.717, 1.165) is 5.34 Å². The molecule has 6 nitrogen and oxygen atoms in total. The molecule has 0 aromatic carbocycles. The predicted octanol–water partition coefficient (Wildman–Crippen LogP) is -2.60. The molecule has 0 aromatic rings. The third-order valence-electron chi connectivity index (χ3n) is 0. The summed E-state index contributed by atoms with van der Waals surface area (Å²) >= 11 is 0. The van der Waals surface area contributed by atoms with E-state index in [2.05, 4.69) is 0 Å². The van der Waals surface area contributed by atoms with Gasteiger partial charge in [0.05, 0.1) is 0 Å². The quantitative estimate of drug-likeness (QED) is 0.213. The van der Waals surface area contributed by atoms with Gasteiger partial charge in [-0.15, -0.1) is 10.2 Å². The Morgan fingerprint density at radius 3 is 1.43 bits per heavy atom. The maximum Gasteiger partial charge on any atom is 1.00 e. The van der Waals surface area contributed by atoms with Crippen molar-refractivity contribution >= 4 is 0 Å². The van der Waals surface area contributed by atoms with E-state index in [4.69, 9.17) is 20.2 Å². The summed E-state index contributed by atoms with van der Waals surface area (Å²) in [5.74, 6) is 0. The molecule has 0 aromatic heterocycles. The van der Waals surface area contributed by atoms with Gasteiger partial charge in [-0.1, -0.05) is 0 Å². The van der Waals surface area contributed by atoms with Crippen molar-refractivity contribution in [2.75, 3.05) is 0 Å². The second kappa shape index (κ2) is 41.2. The van der Waals surface area contributed by atoms with Crippen LogP contribution in [-0.4, -0.2) is 5.21 Å². The van der Waals surface area contributed by atoms with Crippen LogP contribution < -0.4 is 29.6 Å². The summed E-state index contributed by atoms with van der Waals surface area (Å²) in [7, 11) is 0. The second-order valence-electron chi connectivity index (χ2n) is 0.156. The molecule has 0 saturated heterocycles. The summed E-state index contributed by atoms with van der Waals surface area (Å²) in [6.45, 7) is 0. The molecule has 0 aliphatic heterocycles. The normalized spacial score (nSPS) is 3.43. The molecule has 7 heavy (non-hydrogen) atoms. The molecule has 0 spiro atoms. The van der Waals surface area contributed by atoms with Gasteiger partial charge in [-0.05, 0) is 0 Å². The van der Waals surface area contributed by atoms with E-state index in [1.54, 1.807) is 0 Å². The maximum atomic E-state index is 8.11. The summed E-state index contributed by atoms with van der Waals surface area (Å²) in [5.41, 5.74) is 0. The van der Waals surface area contributed by atoms with Crippen LogP contribution in [-0.2, 0) is 0 Å². The van der Waals surface area contributed by atoms with Crippen molar-refractivity contribution in [3.63, 3.8) is 0 Å². The van der Waals surface area contributed by atoms with E-state index in [0.29, 0.717) is 0 Å². The van der Waals surface area contributed by atoms with E-state index in [1.165, 1.54) is 5.34 Å². The van der Waals surface area contributed by atoms with Gasteiger partial charge in [-0.3, -0.25) is 0 Å². The SMILES string of the molecule is O=NO.O=N[O-].[Na+]. The Hall–Kier alpha value is -0.200. The second-order valence-corrected chi connectivity index (χ2v) is 0.156. The maximum absolute atomic E-state index is 8.11. The molecule has 0 bridgehead atoms. The van der Waals surface area contributed by atoms with Gasteiger partial charge in [0.25, 0.3) is 0 Å². The van der Waals surface area contributed by atoms with E-state index in [1.807, 2.05) is 0 Å². The molecule has 0 rings (SSSR count). The molecule has 0 aliphatic carbocycles. The van der Waals surface area contributed by atoms with E-state index in [9.17, 15) is 0 Å². The summed E-state index contributed by atoms with van der Waals surface area (Å²) in [5, 5.41) is 16.9. The van der Waals surface area contributed by atoms with Gasteiger partial charge in [0, 0.05) is 0 Å². The number of rotatable bonds is 0. The minimum Gasteiger partial charge on any atom is -0.444 e. The van der Waals surface area contributed by atoms with Crippen molar-refractivity contribution in [3.8, 4) is 0 Å². The average molecular weight is 116 g/mol. The van der Waals surface area contributed by atoms with Crippen molar-refractivity contribution in [2.24, 2.45) is 10.7 Å². The number of nitrogens with zero attached hydrogens (tertiary/aromatic N) is 2. The Labute approximate surface area is 60.7 Å². The first kappa shape index (κ1) is 15.8. The van der Waals surface area contributed by atoms with Crippen LogP contribution in [0.2, 0.25) is 0 Å². The van der Waals surface area contributed by atoms with Gasteiger partial charge in [-0.25, -0.2) is 0 Å². The Morgan fingerprint density at radius 1 is 1.43 bits per heavy atom. The van der Waals surface area contributed by atoms with Gasteiger partial charge in [0.2, 0.25) is 0 Å². The monoisotopic (exact) mass is 116 g/mol. The van der Waals surface area contributed by atoms with Crippen molar-refractivity contribution in [2.45, 2.75) is 0 Å². The van der Waals surface area contributed by atoms with Gasteiger partial charge in [-0.2, -0.15) is 0 Å². The van der Waals surface area contributed by atoms with E-state index in [-0.39, 0.29) is 29.6 Å². The first-order valence-electron chi connectivity index (χ1n) is 0.748. The Morgan fingerprint density at radius 2 is 1.43 bits per heavy atom. The molecule has 7 heteroatoms. The number of hydrogen-bond donors (Lipinski definition) is 1. The zero-order chi connectivity index (χ0) is 5.41. The molecular weight excluding hydrogens is 115 g/mol. The summed E-state index contributed by atoms with van der Waals surface area (Å²) in [4.78, 5) is 16.1. The molecule has 0 aliphatic rings. The molecule has 0 saturated carbocycles. The third-order valence-corrected chi connectivity index (χ3v) is 0. The van der Waals surface area contributed by atoms with Crippen LogP contribution in [0.1, 0.15) is 0 Å². The van der Waals surface area contributed by atoms with Crippen molar-refractivity contribution < 1.29 is 34.8 Å². The Kier molecular flexibility index (Phi) is 93.3. The summed E-state index contributed by atoms with van der Waals surface area (Å²) < 4.78 is 0. The smallest absolute Gasteiger partial charge is 0.444 e. The van der Waals surface area contributed by atoms with Crippen LogP contribution in [0, 0.1) is 15.0 Å². The minimum atomic E-state index is 0. The van der Waals surface area contributed by atoms with Crippen LogP contribution in [0.15, 0.2) is 10.7 Å². The molecule has 0 heterocycles. The van der Waals surface area contributed by atoms with Gasteiger partial charge in [0.1, 0.15) is 0 Å². The minimum absolute atomic E-state index is 0. The van der Waals surface area contributed by atoms with Crippen LogP contribution >= 0.6 is 0 Å². The zero-order valence-corrected chi connectivity index (χ0v) is 5.57. The predicted molar refractivity (Wildman–Crippen MR) is 16.7 cm³/mol. The van der Waals surface area contributed by atoms with E-state index < -0.39 is 0 Å². The molecule has 0 radical (unpaired) electrons. The van der Waals surface area contributed by atoms with Crippen LogP contribution in [0.4, 0.5) is 0 Å². The Bertz CT molecular complexity index is 30.7. The topological polar surface area (TPSA) is 102 Å². The fraction of sp³-hybridized carbons (Fsp3) is 0. The molecule has 1 N–H and O–H groups in total. The van der Waals surface area contributed by atoms with Crippen molar-refractivity contribution in [3.05, 3.63) is 15.0 Å². The molecule has 0 fully saturated rings. The first-order chi connectivity index (χ1) is 2.83. The molecular formula is HN2NaO4. The summed E-state index contributed by atoms with van der Waals surface area (Å²) in [6.07, 6.45) is 0. The van der Waals surface area contributed by atoms with E-state index >= 15 is 0 Å². The molecule has 0 amide bonds. The molecule has 36 valence electrons. The molecule has 0 unspecified atom stereocenters. The third kappa shape index (κ3) is 2090. The largest absolute Gasteiger partial charge is 1.00 e. The number of hydrogen-bond acceptors (Lipinski definition) is 5. The zero-order valence-electron chi connectivity index (χ0n) is 3.57. The standard InChI is InChI=1S/2HNO2.Na/c2*2-1-3;/h2*(H,2,3);/q;;+1/p-1. The van der Waals surface area contributed by atoms with Crippen LogP contribution in [0.25, 0.3) is 0 Å². The molecule has 0 atom stereocenters. The van der Waals surface area contributed by atoms with Gasteiger partial charge < -0.3 is 15.3 Å². The average Bonchev–Trinajstić information content (AvgIpc) is 1.39. The van der Waals surface area contributed by atoms with Crippen LogP contribution in [0.3, 0.4) is 0 Å². The first-order valence-corrected chi connectivity index (χ1v) is 0.748. The van der Waals surface area contributed by atoms with Gasteiger partial charge in [0.15, 0.2) is 5.34 Å². The Balaban J connectivity index is -0.0000000400. The van der Waals surface area contributed by atoms with Crippen molar-refractivity contribution in [1.82, 2.24) is 0 Å². The fourth-order valence-corrected chi connectivity index (χ4v) is 0.